The van der Waals surface area contributed by atoms with Crippen molar-refractivity contribution in [1.29, 1.82) is 0 Å². The Labute approximate surface area is 150 Å². The van der Waals surface area contributed by atoms with Gasteiger partial charge in [0.05, 0.1) is 5.56 Å². The molecule has 1 aliphatic heterocycles. The van der Waals surface area contributed by atoms with Gasteiger partial charge in [0.2, 0.25) is 0 Å². The number of hydrogen-bond donors (Lipinski definition) is 2. The van der Waals surface area contributed by atoms with Crippen LogP contribution < -0.4 is 0 Å². The molecule has 1 heterocycles. The third kappa shape index (κ3) is 3.33. The summed E-state index contributed by atoms with van der Waals surface area (Å²) in [6.07, 6.45) is 0.353. The van der Waals surface area contributed by atoms with Crippen molar-refractivity contribution in [3.63, 3.8) is 0 Å². The lowest BCUT2D eigenvalue weighted by Gasteiger charge is -2.42. The lowest BCUT2D eigenvalue weighted by Crippen LogP contribution is -2.45. The van der Waals surface area contributed by atoms with Gasteiger partial charge in [-0.2, -0.15) is 0 Å². The van der Waals surface area contributed by atoms with E-state index in [-0.39, 0.29) is 11.0 Å². The first kappa shape index (κ1) is 17.3. The van der Waals surface area contributed by atoms with E-state index >= 15 is 0 Å². The molecule has 3 rings (SSSR count). The molecule has 0 radical (unpaired) electrons. The van der Waals surface area contributed by atoms with E-state index in [4.69, 9.17) is 16.7 Å². The first-order chi connectivity index (χ1) is 11.9. The third-order valence-corrected chi connectivity index (χ3v) is 5.22. The Kier molecular flexibility index (Phi) is 4.68. The number of benzene rings is 2. The number of halogens is 1. The lowest BCUT2D eigenvalue weighted by molar-refractivity contribution is 0.0696. The largest absolute Gasteiger partial charge is 0.478 e. The zero-order valence-electron chi connectivity index (χ0n) is 13.5. The summed E-state index contributed by atoms with van der Waals surface area (Å²) in [5.74, 6) is -0.965. The van der Waals surface area contributed by atoms with Gasteiger partial charge in [0, 0.05) is 23.5 Å². The van der Waals surface area contributed by atoms with Crippen molar-refractivity contribution in [1.82, 2.24) is 4.90 Å². The van der Waals surface area contributed by atoms with Crippen molar-refractivity contribution < 1.29 is 19.8 Å². The minimum absolute atomic E-state index is 0.234. The lowest BCUT2D eigenvalue weighted by atomic mass is 9.68. The zero-order chi connectivity index (χ0) is 18.0. The second kappa shape index (κ2) is 6.76. The summed E-state index contributed by atoms with van der Waals surface area (Å²) in [5.41, 5.74) is 1.93. The maximum Gasteiger partial charge on any atom is 0.407 e. The van der Waals surface area contributed by atoms with E-state index in [9.17, 15) is 14.7 Å². The summed E-state index contributed by atoms with van der Waals surface area (Å²) < 4.78 is 0. The summed E-state index contributed by atoms with van der Waals surface area (Å²) in [6.45, 7) is 0.858. The first-order valence-electron chi connectivity index (χ1n) is 8.00. The Bertz CT molecular complexity index is 778. The molecule has 1 fully saturated rings. The molecule has 6 heteroatoms. The minimum Gasteiger partial charge on any atom is -0.478 e. The van der Waals surface area contributed by atoms with E-state index in [1.807, 2.05) is 36.4 Å². The van der Waals surface area contributed by atoms with Gasteiger partial charge < -0.3 is 15.1 Å². The van der Waals surface area contributed by atoms with E-state index in [1.54, 1.807) is 12.1 Å². The van der Waals surface area contributed by atoms with Gasteiger partial charge in [-0.25, -0.2) is 9.59 Å². The Morgan fingerprint density at radius 3 is 1.80 bits per heavy atom. The molecule has 2 aromatic rings. The molecule has 1 aliphatic rings. The quantitative estimate of drug-likeness (QED) is 0.864. The average molecular weight is 360 g/mol. The van der Waals surface area contributed by atoms with Crippen LogP contribution in [-0.2, 0) is 5.41 Å². The number of likely N-dealkylation sites (tertiary alicyclic amines) is 1. The molecule has 1 amide bonds. The molecule has 0 unspecified atom stereocenters. The fraction of sp³-hybridized carbons (Fsp3) is 0.263. The van der Waals surface area contributed by atoms with Gasteiger partial charge in [0.25, 0.3) is 0 Å². The summed E-state index contributed by atoms with van der Waals surface area (Å²) in [7, 11) is 0. The third-order valence-electron chi connectivity index (χ3n) is 4.97. The highest BCUT2D eigenvalue weighted by molar-refractivity contribution is 6.30. The van der Waals surface area contributed by atoms with Gasteiger partial charge in [-0.05, 0) is 48.2 Å². The number of rotatable bonds is 3. The summed E-state index contributed by atoms with van der Waals surface area (Å²) in [5, 5.41) is 19.0. The number of piperidine rings is 1. The van der Waals surface area contributed by atoms with Crippen molar-refractivity contribution in [2.45, 2.75) is 18.3 Å². The van der Waals surface area contributed by atoms with Crippen LogP contribution in [0.25, 0.3) is 0 Å². The van der Waals surface area contributed by atoms with Gasteiger partial charge in [-0.1, -0.05) is 35.9 Å². The number of carboxylic acids is 1. The van der Waals surface area contributed by atoms with Gasteiger partial charge in [-0.15, -0.1) is 0 Å². The highest BCUT2D eigenvalue weighted by Gasteiger charge is 2.39. The molecule has 0 aromatic heterocycles. The van der Waals surface area contributed by atoms with Crippen molar-refractivity contribution in [3.8, 4) is 0 Å². The summed E-state index contributed by atoms with van der Waals surface area (Å²) >= 11 is 6.01. The Hall–Kier alpha value is -2.53. The SMILES string of the molecule is O=C(O)c1ccc(C2(c3ccc(Cl)cc3)CCN(C(=O)O)CC2)cc1. The molecule has 0 atom stereocenters. The van der Waals surface area contributed by atoms with Crippen LogP contribution in [-0.4, -0.2) is 40.3 Å². The van der Waals surface area contributed by atoms with Crippen LogP contribution in [0.3, 0.4) is 0 Å². The second-order valence-electron chi connectivity index (χ2n) is 6.24. The number of aromatic carboxylic acids is 1. The van der Waals surface area contributed by atoms with Crippen LogP contribution >= 0.6 is 11.6 Å². The molecule has 0 aliphatic carbocycles. The van der Waals surface area contributed by atoms with E-state index in [2.05, 4.69) is 0 Å². The number of amides is 1. The molecule has 5 nitrogen and oxygen atoms in total. The normalized spacial score (nSPS) is 16.4. The molecule has 1 saturated heterocycles. The van der Waals surface area contributed by atoms with Crippen molar-refractivity contribution in [3.05, 3.63) is 70.2 Å². The Balaban J connectivity index is 2.02. The van der Waals surface area contributed by atoms with E-state index in [0.29, 0.717) is 31.0 Å². The van der Waals surface area contributed by atoms with Crippen molar-refractivity contribution in [2.24, 2.45) is 0 Å². The van der Waals surface area contributed by atoms with E-state index in [1.165, 1.54) is 4.90 Å². The molecule has 25 heavy (non-hydrogen) atoms. The fourth-order valence-corrected chi connectivity index (χ4v) is 3.65. The first-order valence-corrected chi connectivity index (χ1v) is 8.38. The number of nitrogens with zero attached hydrogens (tertiary/aromatic N) is 1. The van der Waals surface area contributed by atoms with Crippen molar-refractivity contribution in [2.75, 3.05) is 13.1 Å². The molecular weight excluding hydrogens is 342 g/mol. The summed E-state index contributed by atoms with van der Waals surface area (Å²) in [4.78, 5) is 23.8. The van der Waals surface area contributed by atoms with Crippen LogP contribution in [0.4, 0.5) is 4.79 Å². The fourth-order valence-electron chi connectivity index (χ4n) is 3.52. The molecule has 2 N–H and O–H groups in total. The van der Waals surface area contributed by atoms with Crippen LogP contribution in [0.1, 0.15) is 34.3 Å². The number of hydrogen-bond acceptors (Lipinski definition) is 2. The highest BCUT2D eigenvalue weighted by atomic mass is 35.5. The zero-order valence-corrected chi connectivity index (χ0v) is 14.2. The van der Waals surface area contributed by atoms with E-state index in [0.717, 1.165) is 11.1 Å². The van der Waals surface area contributed by atoms with Gasteiger partial charge >= 0.3 is 12.1 Å². The standard InChI is InChI=1S/C19H18ClNO4/c20-16-7-5-15(6-8-16)19(9-11-21(12-10-19)18(24)25)14-3-1-13(2-4-14)17(22)23/h1-8H,9-12H2,(H,22,23)(H,24,25). The molecule has 0 bridgehead atoms. The van der Waals surface area contributed by atoms with E-state index < -0.39 is 12.1 Å². The van der Waals surface area contributed by atoms with Gasteiger partial charge in [0.1, 0.15) is 0 Å². The second-order valence-corrected chi connectivity index (χ2v) is 6.68. The van der Waals surface area contributed by atoms with Crippen LogP contribution in [0.5, 0.6) is 0 Å². The molecular formula is C19H18ClNO4. The van der Waals surface area contributed by atoms with Crippen LogP contribution in [0, 0.1) is 0 Å². The summed E-state index contributed by atoms with van der Waals surface area (Å²) in [6, 6.07) is 14.4. The maximum absolute atomic E-state index is 11.2. The molecule has 0 spiro atoms. The molecule has 130 valence electrons. The molecule has 2 aromatic carbocycles. The Morgan fingerprint density at radius 2 is 1.36 bits per heavy atom. The topological polar surface area (TPSA) is 77.8 Å². The van der Waals surface area contributed by atoms with Gasteiger partial charge in [0.15, 0.2) is 0 Å². The minimum atomic E-state index is -0.965. The monoisotopic (exact) mass is 359 g/mol. The van der Waals surface area contributed by atoms with Crippen molar-refractivity contribution >= 4 is 23.7 Å². The number of carbonyl (C=O) groups is 2. The number of carboxylic acid groups (broad SMARTS) is 2. The van der Waals surface area contributed by atoms with Gasteiger partial charge in [-0.3, -0.25) is 0 Å². The highest BCUT2D eigenvalue weighted by Crippen LogP contribution is 2.42. The Morgan fingerprint density at radius 1 is 0.880 bits per heavy atom. The molecule has 0 saturated carbocycles. The smallest absolute Gasteiger partial charge is 0.407 e. The predicted octanol–water partition coefficient (Wildman–Crippen LogP) is 4.10. The van der Waals surface area contributed by atoms with Crippen LogP contribution in [0.15, 0.2) is 48.5 Å². The average Bonchev–Trinajstić information content (AvgIpc) is 2.62. The maximum atomic E-state index is 11.2. The predicted molar refractivity (Wildman–Crippen MR) is 94.5 cm³/mol. The van der Waals surface area contributed by atoms with Crippen LogP contribution in [0.2, 0.25) is 5.02 Å².